The fourth-order valence-corrected chi connectivity index (χ4v) is 2.16. The Morgan fingerprint density at radius 2 is 2.00 bits per heavy atom. The Morgan fingerprint density at radius 3 is 2.63 bits per heavy atom. The number of halogens is 1. The molecule has 1 aromatic carbocycles. The van der Waals surface area contributed by atoms with Gasteiger partial charge in [-0.15, -0.1) is 0 Å². The Hall–Kier alpha value is -1.42. The normalized spacial score (nSPS) is 16.2. The van der Waals surface area contributed by atoms with Crippen LogP contribution in [0.2, 0.25) is 5.02 Å². The summed E-state index contributed by atoms with van der Waals surface area (Å²) in [5.41, 5.74) is 0. The number of rotatable bonds is 3. The molecule has 1 saturated heterocycles. The van der Waals surface area contributed by atoms with Crippen LogP contribution in [0.5, 0.6) is 5.75 Å². The van der Waals surface area contributed by atoms with Crippen LogP contribution < -0.4 is 10.1 Å². The highest BCUT2D eigenvalue weighted by Gasteiger charge is 2.19. The van der Waals surface area contributed by atoms with Gasteiger partial charge in [0.1, 0.15) is 5.75 Å². The van der Waals surface area contributed by atoms with Crippen molar-refractivity contribution in [2.75, 3.05) is 19.8 Å². The third-order valence-corrected chi connectivity index (χ3v) is 3.60. The van der Waals surface area contributed by atoms with Crippen LogP contribution in [0.25, 0.3) is 0 Å². The summed E-state index contributed by atoms with van der Waals surface area (Å²) >= 11 is 5.78. The number of likely N-dealkylation sites (tertiary alicyclic amines) is 1. The molecular formula is C14H19ClN2O2. The van der Waals surface area contributed by atoms with E-state index in [0.717, 1.165) is 31.8 Å². The van der Waals surface area contributed by atoms with E-state index in [4.69, 9.17) is 16.3 Å². The summed E-state index contributed by atoms with van der Waals surface area (Å²) in [6.45, 7) is 4.05. The van der Waals surface area contributed by atoms with Crippen molar-refractivity contribution in [2.24, 2.45) is 5.92 Å². The van der Waals surface area contributed by atoms with Crippen LogP contribution in [-0.4, -0.2) is 30.8 Å². The number of amides is 2. The molecule has 2 amide bonds. The number of hydrogen-bond donors (Lipinski definition) is 1. The molecule has 4 nitrogen and oxygen atoms in total. The van der Waals surface area contributed by atoms with Crippen LogP contribution in [0.15, 0.2) is 24.3 Å². The second kappa shape index (κ2) is 6.66. The zero-order valence-corrected chi connectivity index (χ0v) is 11.8. The first-order chi connectivity index (χ1) is 9.15. The van der Waals surface area contributed by atoms with Crippen molar-refractivity contribution in [1.82, 2.24) is 10.2 Å². The van der Waals surface area contributed by atoms with Gasteiger partial charge in [-0.05, 0) is 43.0 Å². The van der Waals surface area contributed by atoms with E-state index in [1.54, 1.807) is 24.3 Å². The molecule has 0 spiro atoms. The standard InChI is InChI=1S/C14H19ClN2O2/c1-11-6-8-17(9-7-11)14(18)16-10-19-13-4-2-12(15)3-5-13/h2-5,11H,6-10H2,1H3,(H,16,18). The van der Waals surface area contributed by atoms with E-state index in [0.29, 0.717) is 10.8 Å². The van der Waals surface area contributed by atoms with Crippen molar-refractivity contribution in [1.29, 1.82) is 0 Å². The first-order valence-electron chi connectivity index (χ1n) is 6.56. The number of piperidine rings is 1. The second-order valence-electron chi connectivity index (χ2n) is 4.89. The van der Waals surface area contributed by atoms with E-state index >= 15 is 0 Å². The molecule has 19 heavy (non-hydrogen) atoms. The maximum atomic E-state index is 11.9. The average molecular weight is 283 g/mol. The van der Waals surface area contributed by atoms with E-state index < -0.39 is 0 Å². The molecule has 1 heterocycles. The first-order valence-corrected chi connectivity index (χ1v) is 6.94. The molecule has 0 saturated carbocycles. The third kappa shape index (κ3) is 4.31. The van der Waals surface area contributed by atoms with Gasteiger partial charge in [-0.2, -0.15) is 0 Å². The maximum absolute atomic E-state index is 11.9. The molecule has 1 fully saturated rings. The lowest BCUT2D eigenvalue weighted by atomic mass is 10.00. The summed E-state index contributed by atoms with van der Waals surface area (Å²) in [7, 11) is 0. The largest absolute Gasteiger partial charge is 0.473 e. The van der Waals surface area contributed by atoms with Crippen LogP contribution in [0.3, 0.4) is 0 Å². The number of hydrogen-bond acceptors (Lipinski definition) is 2. The van der Waals surface area contributed by atoms with Gasteiger partial charge in [0.25, 0.3) is 0 Å². The minimum atomic E-state index is -0.0548. The monoisotopic (exact) mass is 282 g/mol. The Balaban J connectivity index is 1.70. The molecule has 2 rings (SSSR count). The van der Waals surface area contributed by atoms with Gasteiger partial charge in [-0.25, -0.2) is 4.79 Å². The number of nitrogens with one attached hydrogen (secondary N) is 1. The number of carbonyl (C=O) groups is 1. The van der Waals surface area contributed by atoms with Gasteiger partial charge in [0.05, 0.1) is 0 Å². The number of carbonyl (C=O) groups excluding carboxylic acids is 1. The highest BCUT2D eigenvalue weighted by atomic mass is 35.5. The van der Waals surface area contributed by atoms with Crippen molar-refractivity contribution >= 4 is 17.6 Å². The van der Waals surface area contributed by atoms with E-state index in [1.807, 2.05) is 4.90 Å². The van der Waals surface area contributed by atoms with E-state index in [-0.39, 0.29) is 12.8 Å². The Labute approximate surface area is 118 Å². The Morgan fingerprint density at radius 1 is 1.37 bits per heavy atom. The summed E-state index contributed by atoms with van der Waals surface area (Å²) in [5.74, 6) is 1.41. The molecule has 1 aromatic rings. The fraction of sp³-hybridized carbons (Fsp3) is 0.500. The maximum Gasteiger partial charge on any atom is 0.320 e. The second-order valence-corrected chi connectivity index (χ2v) is 5.33. The molecule has 1 N–H and O–H groups in total. The van der Waals surface area contributed by atoms with Crippen molar-refractivity contribution in [2.45, 2.75) is 19.8 Å². The fourth-order valence-electron chi connectivity index (χ4n) is 2.04. The van der Waals surface area contributed by atoms with Gasteiger partial charge in [0.2, 0.25) is 0 Å². The summed E-state index contributed by atoms with van der Waals surface area (Å²) in [5, 5.41) is 3.43. The topological polar surface area (TPSA) is 41.6 Å². The molecule has 104 valence electrons. The van der Waals surface area contributed by atoms with E-state index in [9.17, 15) is 4.79 Å². The molecule has 1 aliphatic rings. The summed E-state index contributed by atoms with van der Waals surface area (Å²) in [4.78, 5) is 13.7. The van der Waals surface area contributed by atoms with Gasteiger partial charge >= 0.3 is 6.03 Å². The molecule has 0 aliphatic carbocycles. The molecular weight excluding hydrogens is 264 g/mol. The summed E-state index contributed by atoms with van der Waals surface area (Å²) < 4.78 is 5.43. The highest BCUT2D eigenvalue weighted by Crippen LogP contribution is 2.16. The van der Waals surface area contributed by atoms with Crippen LogP contribution >= 0.6 is 11.6 Å². The van der Waals surface area contributed by atoms with E-state index in [2.05, 4.69) is 12.2 Å². The lowest BCUT2D eigenvalue weighted by Crippen LogP contribution is -2.45. The van der Waals surface area contributed by atoms with Crippen molar-refractivity contribution in [3.63, 3.8) is 0 Å². The van der Waals surface area contributed by atoms with Crippen LogP contribution in [-0.2, 0) is 0 Å². The van der Waals surface area contributed by atoms with Crippen molar-refractivity contribution in [3.05, 3.63) is 29.3 Å². The van der Waals surface area contributed by atoms with Gasteiger partial charge in [-0.3, -0.25) is 0 Å². The molecule has 0 unspecified atom stereocenters. The van der Waals surface area contributed by atoms with Gasteiger partial charge in [0, 0.05) is 18.1 Å². The summed E-state index contributed by atoms with van der Waals surface area (Å²) in [6, 6.07) is 7.00. The van der Waals surface area contributed by atoms with Gasteiger partial charge in [-0.1, -0.05) is 18.5 Å². The number of benzene rings is 1. The molecule has 5 heteroatoms. The number of nitrogens with zero attached hydrogens (tertiary/aromatic N) is 1. The van der Waals surface area contributed by atoms with Crippen molar-refractivity contribution < 1.29 is 9.53 Å². The molecule has 0 aromatic heterocycles. The lowest BCUT2D eigenvalue weighted by Gasteiger charge is -2.30. The molecule has 1 aliphatic heterocycles. The lowest BCUT2D eigenvalue weighted by molar-refractivity contribution is 0.164. The van der Waals surface area contributed by atoms with E-state index in [1.165, 1.54) is 0 Å². The minimum Gasteiger partial charge on any atom is -0.473 e. The summed E-state index contributed by atoms with van der Waals surface area (Å²) in [6.07, 6.45) is 2.15. The van der Waals surface area contributed by atoms with Crippen molar-refractivity contribution in [3.8, 4) is 5.75 Å². The zero-order chi connectivity index (χ0) is 13.7. The number of urea groups is 1. The zero-order valence-electron chi connectivity index (χ0n) is 11.1. The third-order valence-electron chi connectivity index (χ3n) is 3.35. The first kappa shape index (κ1) is 14.0. The Bertz CT molecular complexity index is 414. The smallest absolute Gasteiger partial charge is 0.320 e. The SMILES string of the molecule is CC1CCN(C(=O)NCOc2ccc(Cl)cc2)CC1. The van der Waals surface area contributed by atoms with Crippen LogP contribution in [0.4, 0.5) is 4.79 Å². The van der Waals surface area contributed by atoms with Crippen LogP contribution in [0, 0.1) is 5.92 Å². The Kier molecular flexibility index (Phi) is 4.91. The molecule has 0 bridgehead atoms. The highest BCUT2D eigenvalue weighted by molar-refractivity contribution is 6.30. The number of ether oxygens (including phenoxy) is 1. The molecule has 0 radical (unpaired) electrons. The predicted molar refractivity (Wildman–Crippen MR) is 75.4 cm³/mol. The van der Waals surface area contributed by atoms with Gasteiger partial charge < -0.3 is 15.0 Å². The quantitative estimate of drug-likeness (QED) is 0.866. The average Bonchev–Trinajstić information content (AvgIpc) is 2.41. The van der Waals surface area contributed by atoms with Gasteiger partial charge in [0.15, 0.2) is 6.73 Å². The van der Waals surface area contributed by atoms with Crippen LogP contribution in [0.1, 0.15) is 19.8 Å². The molecule has 0 atom stereocenters. The predicted octanol–water partition coefficient (Wildman–Crippen LogP) is 3.12. The minimum absolute atomic E-state index is 0.0548.